The maximum Gasteiger partial charge on any atom is 0.317 e. The molecule has 0 saturated carbocycles. The Bertz CT molecular complexity index is 1460. The van der Waals surface area contributed by atoms with E-state index in [1.54, 1.807) is 12.2 Å². The van der Waals surface area contributed by atoms with Crippen molar-refractivity contribution in [2.75, 3.05) is 49.4 Å². The van der Waals surface area contributed by atoms with Crippen LogP contribution in [0.1, 0.15) is 30.5 Å². The van der Waals surface area contributed by atoms with Crippen LogP contribution in [0.25, 0.3) is 6.08 Å². The minimum atomic E-state index is -1.26. The van der Waals surface area contributed by atoms with Crippen molar-refractivity contribution in [3.05, 3.63) is 59.2 Å². The lowest BCUT2D eigenvalue weighted by Crippen LogP contribution is -2.61. The molecular formula is C29H34N4O11. The number of aliphatic carboxylic acids is 4. The first kappa shape index (κ1) is 32.2. The molecule has 4 rings (SSSR count). The van der Waals surface area contributed by atoms with E-state index < -0.39 is 61.2 Å². The fourth-order valence-electron chi connectivity index (χ4n) is 5.91. The zero-order valence-corrected chi connectivity index (χ0v) is 24.1. The van der Waals surface area contributed by atoms with Crippen LogP contribution in [-0.2, 0) is 31.1 Å². The van der Waals surface area contributed by atoms with Crippen LogP contribution in [0.3, 0.4) is 0 Å². The molecule has 0 aliphatic carbocycles. The molecule has 2 aliphatic rings. The summed E-state index contributed by atoms with van der Waals surface area (Å²) in [5.74, 6) is -4.63. The summed E-state index contributed by atoms with van der Waals surface area (Å²) in [5, 5.41) is 57.0. The SMILES string of the molecule is CC1(C)c2ccccc2N(CCN(CC(=O)O)CC(=O)O)C12C=Cc1cc(N(O)O)cc(CN(CC(=O)O)CC(=O)O)c1O2. The average Bonchev–Trinajstić information content (AvgIpc) is 3.08. The van der Waals surface area contributed by atoms with Gasteiger partial charge >= 0.3 is 23.9 Å². The minimum Gasteiger partial charge on any atom is -0.480 e. The van der Waals surface area contributed by atoms with Gasteiger partial charge in [0.25, 0.3) is 0 Å². The maximum atomic E-state index is 11.5. The summed E-state index contributed by atoms with van der Waals surface area (Å²) in [5.41, 5.74) is 0.251. The Balaban J connectivity index is 1.81. The highest BCUT2D eigenvalue weighted by Crippen LogP contribution is 2.55. The summed E-state index contributed by atoms with van der Waals surface area (Å²) in [6.07, 6.45) is 3.49. The van der Waals surface area contributed by atoms with E-state index in [1.807, 2.05) is 43.0 Å². The lowest BCUT2D eigenvalue weighted by molar-refractivity contribution is -0.143. The topological polar surface area (TPSA) is 212 Å². The van der Waals surface area contributed by atoms with E-state index in [0.29, 0.717) is 5.56 Å². The van der Waals surface area contributed by atoms with Crippen molar-refractivity contribution >= 4 is 41.3 Å². The van der Waals surface area contributed by atoms with E-state index in [2.05, 4.69) is 0 Å². The van der Waals surface area contributed by atoms with Crippen LogP contribution in [-0.4, -0.2) is 110 Å². The minimum absolute atomic E-state index is 0.0512. The van der Waals surface area contributed by atoms with E-state index >= 15 is 0 Å². The molecule has 0 radical (unpaired) electrons. The highest BCUT2D eigenvalue weighted by atomic mass is 16.8. The van der Waals surface area contributed by atoms with Gasteiger partial charge in [-0.05, 0) is 49.8 Å². The Hall–Kier alpha value is -4.70. The maximum absolute atomic E-state index is 11.5. The molecule has 0 saturated heterocycles. The largest absolute Gasteiger partial charge is 0.480 e. The summed E-state index contributed by atoms with van der Waals surface area (Å²) in [6, 6.07) is 10.3. The van der Waals surface area contributed by atoms with Crippen LogP contribution in [0, 0.1) is 0 Å². The zero-order chi connectivity index (χ0) is 32.4. The van der Waals surface area contributed by atoms with Crippen LogP contribution >= 0.6 is 0 Å². The van der Waals surface area contributed by atoms with Gasteiger partial charge in [-0.1, -0.05) is 18.2 Å². The van der Waals surface area contributed by atoms with Crippen molar-refractivity contribution in [3.63, 3.8) is 0 Å². The number of carboxylic acids is 4. The van der Waals surface area contributed by atoms with Gasteiger partial charge in [0.2, 0.25) is 5.72 Å². The number of hydrogen-bond donors (Lipinski definition) is 6. The van der Waals surface area contributed by atoms with Crippen LogP contribution < -0.4 is 14.9 Å². The molecule has 1 spiro atoms. The second-order valence-electron chi connectivity index (χ2n) is 11.2. The van der Waals surface area contributed by atoms with Crippen molar-refractivity contribution < 1.29 is 54.8 Å². The monoisotopic (exact) mass is 614 g/mol. The third-order valence-electron chi connectivity index (χ3n) is 7.79. The Kier molecular flexibility index (Phi) is 9.15. The van der Waals surface area contributed by atoms with Gasteiger partial charge in [-0.3, -0.25) is 39.4 Å². The molecular weight excluding hydrogens is 580 g/mol. The number of anilines is 2. The van der Waals surface area contributed by atoms with Crippen LogP contribution in [0.15, 0.2) is 42.5 Å². The standard InChI is InChI=1S/C29H34N4O11/c1-28(2)21-5-3-4-6-22(21)32(10-9-30(14-23(34)35)15-24(36)37)29(28)8-7-18-11-20(33(42)43)12-19(27(18)44-29)13-31(16-25(38)39)17-26(40)41/h3-8,11-12,42-43H,9-10,13-17H2,1-2H3,(H,34,35)(H,36,37)(H,38,39)(H,40,41). The molecule has 1 atom stereocenters. The molecule has 2 aromatic rings. The van der Waals surface area contributed by atoms with Crippen molar-refractivity contribution in [2.45, 2.75) is 31.5 Å². The molecule has 44 heavy (non-hydrogen) atoms. The Morgan fingerprint density at radius 1 is 0.841 bits per heavy atom. The molecule has 0 fully saturated rings. The highest BCUT2D eigenvalue weighted by molar-refractivity contribution is 5.76. The second kappa shape index (κ2) is 12.5. The smallest absolute Gasteiger partial charge is 0.317 e. The summed E-state index contributed by atoms with van der Waals surface area (Å²) < 4.78 is 6.85. The third-order valence-corrected chi connectivity index (χ3v) is 7.79. The van der Waals surface area contributed by atoms with E-state index in [4.69, 9.17) is 4.74 Å². The van der Waals surface area contributed by atoms with Crippen molar-refractivity contribution in [3.8, 4) is 5.75 Å². The molecule has 0 amide bonds. The highest BCUT2D eigenvalue weighted by Gasteiger charge is 2.59. The second-order valence-corrected chi connectivity index (χ2v) is 11.2. The van der Waals surface area contributed by atoms with Gasteiger partial charge in [-0.15, -0.1) is 5.23 Å². The first-order chi connectivity index (χ1) is 20.6. The molecule has 2 aromatic carbocycles. The number of ether oxygens (including phenoxy) is 1. The molecule has 2 aliphatic heterocycles. The summed E-state index contributed by atoms with van der Waals surface area (Å²) in [4.78, 5) is 50.3. The van der Waals surface area contributed by atoms with Gasteiger partial charge < -0.3 is 30.1 Å². The molecule has 0 aromatic heterocycles. The number of rotatable bonds is 14. The van der Waals surface area contributed by atoms with Gasteiger partial charge in [-0.25, -0.2) is 0 Å². The Morgan fingerprint density at radius 3 is 1.98 bits per heavy atom. The van der Waals surface area contributed by atoms with E-state index in [9.17, 15) is 50.0 Å². The lowest BCUT2D eigenvalue weighted by Gasteiger charge is -2.48. The first-order valence-electron chi connectivity index (χ1n) is 13.6. The molecule has 6 N–H and O–H groups in total. The molecule has 236 valence electrons. The summed E-state index contributed by atoms with van der Waals surface area (Å²) in [7, 11) is 0. The van der Waals surface area contributed by atoms with Gasteiger partial charge in [0.1, 0.15) is 5.75 Å². The number of carbonyl (C=O) groups is 4. The van der Waals surface area contributed by atoms with Crippen LogP contribution in [0.2, 0.25) is 0 Å². The van der Waals surface area contributed by atoms with Crippen molar-refractivity contribution in [1.82, 2.24) is 9.80 Å². The van der Waals surface area contributed by atoms with Crippen molar-refractivity contribution in [2.24, 2.45) is 0 Å². The van der Waals surface area contributed by atoms with Crippen LogP contribution in [0.5, 0.6) is 5.75 Å². The quantitative estimate of drug-likeness (QED) is 0.167. The van der Waals surface area contributed by atoms with Gasteiger partial charge in [0.15, 0.2) is 0 Å². The summed E-state index contributed by atoms with van der Waals surface area (Å²) in [6.45, 7) is 1.66. The fraction of sp³-hybridized carbons (Fsp3) is 0.379. The number of benzene rings is 2. The molecule has 15 heteroatoms. The van der Waals surface area contributed by atoms with Gasteiger partial charge in [0.05, 0.1) is 37.3 Å². The van der Waals surface area contributed by atoms with Gasteiger partial charge in [0, 0.05) is 36.4 Å². The van der Waals surface area contributed by atoms with Crippen LogP contribution in [0.4, 0.5) is 11.4 Å². The van der Waals surface area contributed by atoms with E-state index in [1.165, 1.54) is 17.0 Å². The lowest BCUT2D eigenvalue weighted by atomic mass is 9.76. The predicted octanol–water partition coefficient (Wildman–Crippen LogP) is 1.61. The average molecular weight is 615 g/mol. The van der Waals surface area contributed by atoms with E-state index in [0.717, 1.165) is 16.2 Å². The number of carboxylic acid groups (broad SMARTS) is 4. The Labute approximate surface area is 251 Å². The Morgan fingerprint density at radius 2 is 1.41 bits per heavy atom. The normalized spacial score (nSPS) is 17.8. The number of hydrogen-bond acceptors (Lipinski definition) is 11. The number of fused-ring (bicyclic) bond motifs is 2. The van der Waals surface area contributed by atoms with E-state index in [-0.39, 0.29) is 41.9 Å². The number of nitrogens with zero attached hydrogens (tertiary/aromatic N) is 4. The van der Waals surface area contributed by atoms with Crippen molar-refractivity contribution in [1.29, 1.82) is 0 Å². The zero-order valence-electron chi connectivity index (χ0n) is 24.1. The summed E-state index contributed by atoms with van der Waals surface area (Å²) >= 11 is 0. The molecule has 15 nitrogen and oxygen atoms in total. The number of para-hydroxylation sites is 1. The molecule has 1 unspecified atom stereocenters. The first-order valence-corrected chi connectivity index (χ1v) is 13.6. The third kappa shape index (κ3) is 6.45. The molecule has 0 bridgehead atoms. The molecule has 2 heterocycles. The predicted molar refractivity (Wildman–Crippen MR) is 154 cm³/mol. The van der Waals surface area contributed by atoms with Gasteiger partial charge in [-0.2, -0.15) is 0 Å². The fourth-order valence-corrected chi connectivity index (χ4v) is 5.91.